The minimum absolute atomic E-state index is 0.460. The Balaban J connectivity index is 1.60. The quantitative estimate of drug-likeness (QED) is 0.202. The fourth-order valence-corrected chi connectivity index (χ4v) is 7.23. The molecule has 1 aliphatic rings. The Hall–Kier alpha value is -4.40. The van der Waals surface area contributed by atoms with Crippen molar-refractivity contribution in [2.24, 2.45) is 0 Å². The Morgan fingerprint density at radius 2 is 1.10 bits per heavy atom. The maximum atomic E-state index is 3.72. The van der Waals surface area contributed by atoms with Crippen molar-refractivity contribution in [2.75, 3.05) is 0 Å². The summed E-state index contributed by atoms with van der Waals surface area (Å²) in [4.78, 5) is 0. The van der Waals surface area contributed by atoms with E-state index in [1.807, 2.05) is 0 Å². The zero-order valence-corrected chi connectivity index (χ0v) is 22.8. The molecule has 1 nitrogen and oxygen atoms in total. The summed E-state index contributed by atoms with van der Waals surface area (Å²) < 4.78 is 3.56. The van der Waals surface area contributed by atoms with Crippen LogP contribution in [0.2, 0.25) is 0 Å². The fraction of sp³-hybridized carbons (Fsp3) is 0.0270. The topological polar surface area (TPSA) is 4.93 Å². The van der Waals surface area contributed by atoms with Crippen molar-refractivity contribution in [2.45, 2.75) is 5.41 Å². The largest absolute Gasteiger partial charge is 0.309 e. The monoisotopic (exact) mass is 561 g/mol. The first kappa shape index (κ1) is 22.6. The highest BCUT2D eigenvalue weighted by atomic mass is 79.9. The van der Waals surface area contributed by atoms with Crippen molar-refractivity contribution in [1.82, 2.24) is 4.57 Å². The van der Waals surface area contributed by atoms with Crippen LogP contribution in [0.25, 0.3) is 38.6 Å². The minimum Gasteiger partial charge on any atom is -0.309 e. The van der Waals surface area contributed by atoms with Gasteiger partial charge in [-0.15, -0.1) is 0 Å². The molecule has 0 saturated heterocycles. The second-order valence-corrected chi connectivity index (χ2v) is 11.2. The first-order valence-corrected chi connectivity index (χ1v) is 14.1. The number of hydrogen-bond acceptors (Lipinski definition) is 0. The first-order valence-electron chi connectivity index (χ1n) is 13.3. The van der Waals surface area contributed by atoms with Gasteiger partial charge in [0.2, 0.25) is 0 Å². The number of hydrogen-bond donors (Lipinski definition) is 0. The summed E-state index contributed by atoms with van der Waals surface area (Å²) in [5, 5.41) is 2.50. The van der Waals surface area contributed by atoms with E-state index in [0.29, 0.717) is 0 Å². The Morgan fingerprint density at radius 3 is 1.87 bits per heavy atom. The standard InChI is InChI=1S/C37H24BrN/c38-27-22-23-34-31(24-27)29-17-8-10-20-33(29)39(34)35-21-11-18-30-28-16-7-9-19-32(28)37(36(30)35,25-12-3-1-4-13-25)26-14-5-2-6-15-26/h1-24H. The van der Waals surface area contributed by atoms with Crippen LogP contribution in [-0.4, -0.2) is 4.57 Å². The Labute approximate surface area is 236 Å². The van der Waals surface area contributed by atoms with Crippen LogP contribution in [0, 0.1) is 0 Å². The summed E-state index contributed by atoms with van der Waals surface area (Å²) in [7, 11) is 0. The highest BCUT2D eigenvalue weighted by Gasteiger charge is 2.47. The molecule has 0 spiro atoms. The summed E-state index contributed by atoms with van der Waals surface area (Å²) in [6.07, 6.45) is 0. The molecule has 1 heterocycles. The van der Waals surface area contributed by atoms with Crippen molar-refractivity contribution in [3.8, 4) is 16.8 Å². The molecule has 1 aliphatic carbocycles. The van der Waals surface area contributed by atoms with Gasteiger partial charge in [0.15, 0.2) is 0 Å². The predicted octanol–water partition coefficient (Wildman–Crippen LogP) is 9.91. The van der Waals surface area contributed by atoms with Gasteiger partial charge in [-0.05, 0) is 58.1 Å². The van der Waals surface area contributed by atoms with E-state index in [-0.39, 0.29) is 0 Å². The summed E-state index contributed by atoms with van der Waals surface area (Å²) in [6, 6.07) is 53.2. The molecular weight excluding hydrogens is 538 g/mol. The molecule has 184 valence electrons. The van der Waals surface area contributed by atoms with Gasteiger partial charge in [0.1, 0.15) is 0 Å². The van der Waals surface area contributed by atoms with Gasteiger partial charge in [-0.3, -0.25) is 0 Å². The second kappa shape index (κ2) is 8.56. The number of nitrogens with zero attached hydrogens (tertiary/aromatic N) is 1. The highest BCUT2D eigenvalue weighted by molar-refractivity contribution is 9.10. The average molecular weight is 563 g/mol. The van der Waals surface area contributed by atoms with Gasteiger partial charge in [-0.1, -0.05) is 131 Å². The highest BCUT2D eigenvalue weighted by Crippen LogP contribution is 2.58. The van der Waals surface area contributed by atoms with Gasteiger partial charge in [0.25, 0.3) is 0 Å². The SMILES string of the molecule is Brc1ccc2c(c1)c1ccccc1n2-c1cccc2c1C(c1ccccc1)(c1ccccc1)c1ccccc1-2. The van der Waals surface area contributed by atoms with Crippen molar-refractivity contribution in [1.29, 1.82) is 0 Å². The van der Waals surface area contributed by atoms with E-state index in [2.05, 4.69) is 166 Å². The molecule has 2 heteroatoms. The molecule has 0 aliphatic heterocycles. The van der Waals surface area contributed by atoms with Crippen LogP contribution in [0.4, 0.5) is 0 Å². The lowest BCUT2D eigenvalue weighted by atomic mass is 9.67. The molecule has 0 amide bonds. The van der Waals surface area contributed by atoms with Crippen LogP contribution in [0.3, 0.4) is 0 Å². The van der Waals surface area contributed by atoms with Crippen LogP contribution in [0.15, 0.2) is 150 Å². The van der Waals surface area contributed by atoms with Crippen molar-refractivity contribution in [3.63, 3.8) is 0 Å². The average Bonchev–Trinajstić information content (AvgIpc) is 3.49. The summed E-state index contributed by atoms with van der Waals surface area (Å²) in [5.74, 6) is 0. The molecule has 0 bridgehead atoms. The Bertz CT molecular complexity index is 1980. The fourth-order valence-electron chi connectivity index (χ4n) is 6.87. The van der Waals surface area contributed by atoms with Crippen LogP contribution in [0.5, 0.6) is 0 Å². The lowest BCUT2D eigenvalue weighted by molar-refractivity contribution is 0.762. The van der Waals surface area contributed by atoms with Crippen LogP contribution >= 0.6 is 15.9 Å². The molecule has 0 unspecified atom stereocenters. The van der Waals surface area contributed by atoms with Crippen molar-refractivity contribution in [3.05, 3.63) is 172 Å². The first-order chi connectivity index (χ1) is 19.3. The summed E-state index contributed by atoms with van der Waals surface area (Å²) in [5.41, 5.74) is 11.0. The predicted molar refractivity (Wildman–Crippen MR) is 166 cm³/mol. The molecule has 0 N–H and O–H groups in total. The van der Waals surface area contributed by atoms with Crippen molar-refractivity contribution < 1.29 is 0 Å². The molecule has 0 saturated carbocycles. The van der Waals surface area contributed by atoms with E-state index in [9.17, 15) is 0 Å². The van der Waals surface area contributed by atoms with E-state index >= 15 is 0 Å². The van der Waals surface area contributed by atoms with Gasteiger partial charge in [0.05, 0.1) is 22.1 Å². The lowest BCUT2D eigenvalue weighted by Crippen LogP contribution is -2.29. The summed E-state index contributed by atoms with van der Waals surface area (Å²) in [6.45, 7) is 0. The molecular formula is C37H24BrN. The van der Waals surface area contributed by atoms with Gasteiger partial charge >= 0.3 is 0 Å². The van der Waals surface area contributed by atoms with E-state index < -0.39 is 5.41 Å². The molecule has 1 aromatic heterocycles. The Kier molecular flexibility index (Phi) is 4.95. The van der Waals surface area contributed by atoms with E-state index in [1.165, 1.54) is 60.9 Å². The maximum absolute atomic E-state index is 3.72. The van der Waals surface area contributed by atoms with E-state index in [4.69, 9.17) is 0 Å². The third-order valence-electron chi connectivity index (χ3n) is 8.33. The third-order valence-corrected chi connectivity index (χ3v) is 8.82. The van der Waals surface area contributed by atoms with E-state index in [1.54, 1.807) is 0 Å². The molecule has 0 atom stereocenters. The molecule has 0 radical (unpaired) electrons. The van der Waals surface area contributed by atoms with Gasteiger partial charge in [-0.25, -0.2) is 0 Å². The molecule has 7 aromatic rings. The molecule has 8 rings (SSSR count). The third kappa shape index (κ3) is 3.07. The minimum atomic E-state index is -0.460. The molecule has 0 fully saturated rings. The molecule has 39 heavy (non-hydrogen) atoms. The van der Waals surface area contributed by atoms with Crippen molar-refractivity contribution >= 4 is 37.7 Å². The van der Waals surface area contributed by atoms with Crippen LogP contribution in [0.1, 0.15) is 22.3 Å². The molecule has 6 aromatic carbocycles. The van der Waals surface area contributed by atoms with Gasteiger partial charge in [0, 0.05) is 20.8 Å². The normalized spacial score (nSPS) is 13.5. The smallest absolute Gasteiger partial charge is 0.0734 e. The van der Waals surface area contributed by atoms with Crippen LogP contribution in [-0.2, 0) is 5.41 Å². The van der Waals surface area contributed by atoms with Crippen LogP contribution < -0.4 is 0 Å². The second-order valence-electron chi connectivity index (χ2n) is 10.2. The number of rotatable bonds is 3. The lowest BCUT2D eigenvalue weighted by Gasteiger charge is -2.35. The Morgan fingerprint density at radius 1 is 0.487 bits per heavy atom. The maximum Gasteiger partial charge on any atom is 0.0734 e. The van der Waals surface area contributed by atoms with Gasteiger partial charge in [-0.2, -0.15) is 0 Å². The number of benzene rings is 6. The number of halogens is 1. The van der Waals surface area contributed by atoms with Gasteiger partial charge < -0.3 is 4.57 Å². The van der Waals surface area contributed by atoms with E-state index in [0.717, 1.165) is 4.47 Å². The number of fused-ring (bicyclic) bond motifs is 6. The number of para-hydroxylation sites is 1. The zero-order valence-electron chi connectivity index (χ0n) is 21.2. The zero-order chi connectivity index (χ0) is 26.0. The number of aromatic nitrogens is 1. The summed E-state index contributed by atoms with van der Waals surface area (Å²) >= 11 is 3.72.